The second-order valence-electron chi connectivity index (χ2n) is 4.71. The number of amides is 1. The van der Waals surface area contributed by atoms with Gasteiger partial charge in [-0.1, -0.05) is 35.4 Å². The van der Waals surface area contributed by atoms with Gasteiger partial charge in [-0.25, -0.2) is 9.69 Å². The first-order valence-electron chi connectivity index (χ1n) is 6.72. The molecule has 0 aliphatic rings. The van der Waals surface area contributed by atoms with Crippen LogP contribution >= 0.6 is 0 Å². The molecule has 0 saturated carbocycles. The molecule has 0 aromatic heterocycles. The first-order valence-corrected chi connectivity index (χ1v) is 6.72. The Kier molecular flexibility index (Phi) is 4.41. The first-order chi connectivity index (χ1) is 9.61. The lowest BCUT2D eigenvalue weighted by Gasteiger charge is -2.22. The number of nitrogens with zero attached hydrogens (tertiary/aromatic N) is 1. The van der Waals surface area contributed by atoms with Crippen LogP contribution in [0.1, 0.15) is 18.1 Å². The summed E-state index contributed by atoms with van der Waals surface area (Å²) in [5, 5.41) is 0. The fraction of sp³-hybridized carbons (Fsp3) is 0.235. The molecule has 0 bridgehead atoms. The highest BCUT2D eigenvalue weighted by atomic mass is 16.6. The van der Waals surface area contributed by atoms with Crippen LogP contribution in [0.4, 0.5) is 16.2 Å². The Labute approximate surface area is 119 Å². The predicted octanol–water partition coefficient (Wildman–Crippen LogP) is 4.60. The second kappa shape index (κ2) is 6.24. The molecule has 0 aliphatic heterocycles. The zero-order valence-corrected chi connectivity index (χ0v) is 12.1. The van der Waals surface area contributed by atoms with E-state index >= 15 is 0 Å². The molecule has 0 heterocycles. The Balaban J connectivity index is 2.41. The summed E-state index contributed by atoms with van der Waals surface area (Å²) in [5.41, 5.74) is 3.92. The molecule has 0 fully saturated rings. The smallest absolute Gasteiger partial charge is 0.418 e. The number of aryl methyl sites for hydroxylation is 2. The maximum Gasteiger partial charge on any atom is 0.418 e. The van der Waals surface area contributed by atoms with E-state index in [4.69, 9.17) is 4.74 Å². The van der Waals surface area contributed by atoms with Gasteiger partial charge in [-0.2, -0.15) is 0 Å². The van der Waals surface area contributed by atoms with E-state index in [0.29, 0.717) is 6.61 Å². The molecule has 20 heavy (non-hydrogen) atoms. The molecule has 2 aromatic carbocycles. The van der Waals surface area contributed by atoms with Crippen molar-refractivity contribution in [2.45, 2.75) is 20.8 Å². The fourth-order valence-corrected chi connectivity index (χ4v) is 1.94. The molecule has 2 rings (SSSR count). The van der Waals surface area contributed by atoms with Crippen LogP contribution < -0.4 is 4.90 Å². The normalized spacial score (nSPS) is 10.2. The van der Waals surface area contributed by atoms with Crippen molar-refractivity contribution in [3.63, 3.8) is 0 Å². The molecule has 3 nitrogen and oxygen atoms in total. The number of ether oxygens (including phenoxy) is 1. The summed E-state index contributed by atoms with van der Waals surface area (Å²) in [6.45, 7) is 6.20. The van der Waals surface area contributed by atoms with Crippen LogP contribution in [0.15, 0.2) is 48.5 Å². The van der Waals surface area contributed by atoms with Gasteiger partial charge < -0.3 is 4.74 Å². The lowest BCUT2D eigenvalue weighted by Crippen LogP contribution is -2.26. The van der Waals surface area contributed by atoms with Gasteiger partial charge in [0.2, 0.25) is 0 Å². The Morgan fingerprint density at radius 3 is 1.65 bits per heavy atom. The van der Waals surface area contributed by atoms with Crippen LogP contribution in [0.2, 0.25) is 0 Å². The Morgan fingerprint density at radius 2 is 1.30 bits per heavy atom. The highest BCUT2D eigenvalue weighted by molar-refractivity contribution is 5.95. The number of rotatable bonds is 3. The number of benzene rings is 2. The molecule has 3 heteroatoms. The van der Waals surface area contributed by atoms with Gasteiger partial charge in [0.25, 0.3) is 0 Å². The van der Waals surface area contributed by atoms with Crippen molar-refractivity contribution in [2.24, 2.45) is 0 Å². The van der Waals surface area contributed by atoms with Crippen LogP contribution in [0.3, 0.4) is 0 Å². The van der Waals surface area contributed by atoms with E-state index < -0.39 is 0 Å². The lowest BCUT2D eigenvalue weighted by atomic mass is 10.2. The molecule has 0 atom stereocenters. The SMILES string of the molecule is CCOC(=O)N(c1ccc(C)cc1)c1ccc(C)cc1. The van der Waals surface area contributed by atoms with Crippen LogP contribution in [-0.2, 0) is 4.74 Å². The minimum Gasteiger partial charge on any atom is -0.449 e. The van der Waals surface area contributed by atoms with Crippen LogP contribution in [0.25, 0.3) is 0 Å². The summed E-state index contributed by atoms with van der Waals surface area (Å²) in [4.78, 5) is 13.8. The zero-order chi connectivity index (χ0) is 14.5. The van der Waals surface area contributed by atoms with Crippen molar-refractivity contribution in [3.05, 3.63) is 59.7 Å². The summed E-state index contributed by atoms with van der Waals surface area (Å²) >= 11 is 0. The van der Waals surface area contributed by atoms with E-state index in [2.05, 4.69) is 0 Å². The third kappa shape index (κ3) is 3.18. The minimum atomic E-state index is -0.361. The first kappa shape index (κ1) is 14.1. The van der Waals surface area contributed by atoms with Crippen molar-refractivity contribution in [1.29, 1.82) is 0 Å². The number of carbonyl (C=O) groups is 1. The lowest BCUT2D eigenvalue weighted by molar-refractivity contribution is 0.162. The van der Waals surface area contributed by atoms with Crippen LogP contribution in [0.5, 0.6) is 0 Å². The van der Waals surface area contributed by atoms with Crippen LogP contribution in [-0.4, -0.2) is 12.7 Å². The van der Waals surface area contributed by atoms with Crippen molar-refractivity contribution < 1.29 is 9.53 Å². The van der Waals surface area contributed by atoms with Gasteiger partial charge in [-0.05, 0) is 45.0 Å². The van der Waals surface area contributed by atoms with Gasteiger partial charge in [-0.3, -0.25) is 0 Å². The van der Waals surface area contributed by atoms with Crippen molar-refractivity contribution in [3.8, 4) is 0 Å². The average Bonchev–Trinajstić information content (AvgIpc) is 2.44. The molecule has 1 amide bonds. The number of hydrogen-bond donors (Lipinski definition) is 0. The summed E-state index contributed by atoms with van der Waals surface area (Å²) in [6, 6.07) is 15.6. The largest absolute Gasteiger partial charge is 0.449 e. The Bertz CT molecular complexity index is 527. The van der Waals surface area contributed by atoms with Gasteiger partial charge in [-0.15, -0.1) is 0 Å². The van der Waals surface area contributed by atoms with Crippen molar-refractivity contribution in [2.75, 3.05) is 11.5 Å². The van der Waals surface area contributed by atoms with Gasteiger partial charge in [0.15, 0.2) is 0 Å². The molecule has 104 valence electrons. The van der Waals surface area contributed by atoms with E-state index in [9.17, 15) is 4.79 Å². The molecule has 2 aromatic rings. The fourth-order valence-electron chi connectivity index (χ4n) is 1.94. The van der Waals surface area contributed by atoms with Crippen LogP contribution in [0, 0.1) is 13.8 Å². The third-order valence-corrected chi connectivity index (χ3v) is 3.03. The molecule has 0 saturated heterocycles. The average molecular weight is 269 g/mol. The van der Waals surface area contributed by atoms with Gasteiger partial charge >= 0.3 is 6.09 Å². The molecule has 0 N–H and O–H groups in total. The molecular formula is C17H19NO2. The molecule has 0 unspecified atom stereocenters. The van der Waals surface area contributed by atoms with Crippen molar-refractivity contribution >= 4 is 17.5 Å². The standard InChI is InChI=1S/C17H19NO2/c1-4-20-17(19)18(15-9-5-13(2)6-10-15)16-11-7-14(3)8-12-16/h5-12H,4H2,1-3H3. The van der Waals surface area contributed by atoms with Gasteiger partial charge in [0.1, 0.15) is 0 Å². The highest BCUT2D eigenvalue weighted by Gasteiger charge is 2.18. The van der Waals surface area contributed by atoms with E-state index in [-0.39, 0.29) is 6.09 Å². The van der Waals surface area contributed by atoms with E-state index in [1.54, 1.807) is 11.8 Å². The Hall–Kier alpha value is -2.29. The van der Waals surface area contributed by atoms with E-state index in [1.807, 2.05) is 62.4 Å². The monoisotopic (exact) mass is 269 g/mol. The summed E-state index contributed by atoms with van der Waals surface area (Å²) in [6.07, 6.45) is -0.361. The zero-order valence-electron chi connectivity index (χ0n) is 12.1. The predicted molar refractivity (Wildman–Crippen MR) is 81.5 cm³/mol. The summed E-state index contributed by atoms with van der Waals surface area (Å²) < 4.78 is 5.16. The molecule has 0 spiro atoms. The summed E-state index contributed by atoms with van der Waals surface area (Å²) in [7, 11) is 0. The Morgan fingerprint density at radius 1 is 0.900 bits per heavy atom. The van der Waals surface area contributed by atoms with Crippen molar-refractivity contribution in [1.82, 2.24) is 0 Å². The van der Waals surface area contributed by atoms with E-state index in [0.717, 1.165) is 22.5 Å². The number of hydrogen-bond acceptors (Lipinski definition) is 2. The van der Waals surface area contributed by atoms with Gasteiger partial charge in [0.05, 0.1) is 18.0 Å². The topological polar surface area (TPSA) is 29.5 Å². The second-order valence-corrected chi connectivity index (χ2v) is 4.71. The third-order valence-electron chi connectivity index (χ3n) is 3.03. The maximum absolute atomic E-state index is 12.2. The molecule has 0 aliphatic carbocycles. The summed E-state index contributed by atoms with van der Waals surface area (Å²) in [5.74, 6) is 0. The number of anilines is 2. The molecule has 0 radical (unpaired) electrons. The maximum atomic E-state index is 12.2. The number of carbonyl (C=O) groups excluding carboxylic acids is 1. The highest BCUT2D eigenvalue weighted by Crippen LogP contribution is 2.26. The van der Waals surface area contributed by atoms with E-state index in [1.165, 1.54) is 0 Å². The minimum absolute atomic E-state index is 0.354. The molecular weight excluding hydrogens is 250 g/mol. The quantitative estimate of drug-likeness (QED) is 0.815. The van der Waals surface area contributed by atoms with Gasteiger partial charge in [0, 0.05) is 0 Å².